The molecule has 0 bridgehead atoms. The van der Waals surface area contributed by atoms with E-state index in [0.29, 0.717) is 25.0 Å². The number of amides is 1. The lowest BCUT2D eigenvalue weighted by molar-refractivity contribution is -0.616. The quantitative estimate of drug-likeness (QED) is 0.0987. The fourth-order valence-corrected chi connectivity index (χ4v) is 4.15. The number of carbonyl (C=O) groups is 2. The smallest absolute Gasteiger partial charge is 0.261 e. The van der Waals surface area contributed by atoms with Crippen LogP contribution in [0.3, 0.4) is 0 Å². The number of aromatic nitrogens is 1. The Bertz CT molecular complexity index is 1420. The number of furan rings is 1. The minimum Gasteiger partial charge on any atom is -0.447 e. The van der Waals surface area contributed by atoms with Crippen molar-refractivity contribution in [3.63, 3.8) is 0 Å². The lowest BCUT2D eigenvalue weighted by atomic mass is 10.1. The highest BCUT2D eigenvalue weighted by atomic mass is 16.3. The van der Waals surface area contributed by atoms with Gasteiger partial charge in [-0.15, -0.1) is 0 Å². The lowest BCUT2D eigenvalue weighted by Gasteiger charge is -2.12. The molecule has 0 fully saturated rings. The number of ketones is 1. The Kier molecular flexibility index (Phi) is 7.11. The van der Waals surface area contributed by atoms with E-state index in [9.17, 15) is 9.59 Å². The highest BCUT2D eigenvalue weighted by Gasteiger charge is 2.24. The number of fused-ring (bicyclic) bond motifs is 4. The first-order chi connectivity index (χ1) is 16.9. The van der Waals surface area contributed by atoms with Crippen LogP contribution in [0.15, 0.2) is 57.9 Å². The van der Waals surface area contributed by atoms with Crippen molar-refractivity contribution >= 4 is 56.3 Å². The molecule has 1 amide bonds. The number of Topliss-reactive ketones (excluding diaryl/α,β-unsaturated/α-hetero) is 1. The average molecular weight is 477 g/mol. The Balaban J connectivity index is 1.46. The number of pyridine rings is 1. The van der Waals surface area contributed by atoms with Gasteiger partial charge < -0.3 is 32.3 Å². The molecule has 0 aliphatic heterocycles. The number of rotatable bonds is 10. The van der Waals surface area contributed by atoms with E-state index >= 15 is 0 Å². The van der Waals surface area contributed by atoms with E-state index in [0.717, 1.165) is 33.1 Å². The van der Waals surface area contributed by atoms with E-state index in [4.69, 9.17) is 21.6 Å². The zero-order chi connectivity index (χ0) is 24.9. The van der Waals surface area contributed by atoms with Gasteiger partial charge in [-0.1, -0.05) is 24.3 Å². The molecule has 8 N–H and O–H groups in total. The van der Waals surface area contributed by atoms with E-state index in [-0.39, 0.29) is 30.7 Å². The summed E-state index contributed by atoms with van der Waals surface area (Å²) in [5.74, 6) is -0.575. The third-order valence-electron chi connectivity index (χ3n) is 5.89. The average Bonchev–Trinajstić information content (AvgIpc) is 3.24. The van der Waals surface area contributed by atoms with Crippen molar-refractivity contribution in [1.82, 2.24) is 5.32 Å². The van der Waals surface area contributed by atoms with Gasteiger partial charge in [0.2, 0.25) is 17.0 Å². The molecule has 35 heavy (non-hydrogen) atoms. The van der Waals surface area contributed by atoms with Crippen LogP contribution < -0.4 is 32.4 Å². The summed E-state index contributed by atoms with van der Waals surface area (Å²) < 4.78 is 8.29. The van der Waals surface area contributed by atoms with Gasteiger partial charge in [0.05, 0.1) is 35.6 Å². The molecule has 2 aromatic heterocycles. The van der Waals surface area contributed by atoms with Crippen molar-refractivity contribution in [2.75, 3.05) is 25.0 Å². The monoisotopic (exact) mass is 476 g/mol. The molecule has 4 aromatic rings. The summed E-state index contributed by atoms with van der Waals surface area (Å²) in [5, 5.41) is 7.78. The summed E-state index contributed by atoms with van der Waals surface area (Å²) in [6.07, 6.45) is 0.972. The molecule has 10 heteroatoms. The van der Waals surface area contributed by atoms with Crippen LogP contribution >= 0.6 is 0 Å². The number of carbonyl (C=O) groups excluding carboxylic acids is 2. The fourth-order valence-electron chi connectivity index (χ4n) is 4.15. The maximum absolute atomic E-state index is 12.6. The van der Waals surface area contributed by atoms with Gasteiger partial charge in [-0.05, 0) is 31.0 Å². The number of nitrogens with zero attached hydrogens (tertiary/aromatic N) is 2. The van der Waals surface area contributed by atoms with Crippen molar-refractivity contribution in [3.8, 4) is 0 Å². The van der Waals surface area contributed by atoms with Crippen LogP contribution in [0.2, 0.25) is 0 Å². The molecule has 1 atom stereocenters. The van der Waals surface area contributed by atoms with Gasteiger partial charge in [0.15, 0.2) is 11.7 Å². The van der Waals surface area contributed by atoms with Crippen molar-refractivity contribution < 1.29 is 18.6 Å². The van der Waals surface area contributed by atoms with Gasteiger partial charge in [-0.2, -0.15) is 4.57 Å². The summed E-state index contributed by atoms with van der Waals surface area (Å²) in [4.78, 5) is 28.7. The minimum atomic E-state index is -0.738. The van der Waals surface area contributed by atoms with Crippen LogP contribution in [0.4, 0.5) is 5.69 Å². The minimum absolute atomic E-state index is 0.000918. The highest BCUT2D eigenvalue weighted by Crippen LogP contribution is 2.35. The number of benzene rings is 2. The molecule has 0 aliphatic carbocycles. The van der Waals surface area contributed by atoms with Crippen LogP contribution in [-0.4, -0.2) is 43.3 Å². The van der Waals surface area contributed by atoms with Crippen molar-refractivity contribution in [2.45, 2.75) is 18.9 Å². The fraction of sp³-hybridized carbons (Fsp3) is 0.280. The highest BCUT2D eigenvalue weighted by molar-refractivity contribution is 6.11. The Hall–Kier alpha value is -4.18. The number of hydrogen-bond acceptors (Lipinski definition) is 6. The molecule has 0 aliphatic rings. The van der Waals surface area contributed by atoms with Gasteiger partial charge in [0, 0.05) is 12.6 Å². The largest absolute Gasteiger partial charge is 0.447 e. The summed E-state index contributed by atoms with van der Waals surface area (Å²) in [7, 11) is 2.00. The van der Waals surface area contributed by atoms with Gasteiger partial charge in [0.25, 0.3) is 5.52 Å². The van der Waals surface area contributed by atoms with E-state index in [1.807, 2.05) is 55.6 Å². The zero-order valence-electron chi connectivity index (χ0n) is 19.6. The van der Waals surface area contributed by atoms with Gasteiger partial charge in [0.1, 0.15) is 12.6 Å². The summed E-state index contributed by atoms with van der Waals surface area (Å²) >= 11 is 0. The second-order valence-electron chi connectivity index (χ2n) is 8.39. The Morgan fingerprint density at radius 3 is 2.54 bits per heavy atom. The molecule has 4 rings (SSSR count). The SMILES string of the molecule is C[n+]1c2ccccc2c(NCC(=O)CNC(=O)[C@@H](N)CCCN=C(N)N)c2oc3ccccc3c21. The number of aliphatic imine (C=N–C) groups is 1. The number of hydrogen-bond donors (Lipinski definition) is 5. The van der Waals surface area contributed by atoms with E-state index < -0.39 is 6.04 Å². The molecule has 0 unspecified atom stereocenters. The number of guanidine groups is 1. The Labute approximate surface area is 202 Å². The molecule has 0 saturated heterocycles. The Morgan fingerprint density at radius 1 is 1.06 bits per heavy atom. The van der Waals surface area contributed by atoms with Crippen molar-refractivity contribution in [3.05, 3.63) is 48.5 Å². The molecule has 2 heterocycles. The maximum atomic E-state index is 12.6. The zero-order valence-corrected chi connectivity index (χ0v) is 19.6. The number of aryl methyl sites for hydroxylation is 1. The molecular formula is C25H30N7O3+. The topological polar surface area (TPSA) is 166 Å². The van der Waals surface area contributed by atoms with Crippen LogP contribution in [-0.2, 0) is 16.6 Å². The second kappa shape index (κ2) is 10.4. The lowest BCUT2D eigenvalue weighted by Crippen LogP contribution is -2.43. The second-order valence-corrected chi connectivity index (χ2v) is 8.39. The molecule has 182 valence electrons. The molecule has 0 spiro atoms. The third kappa shape index (κ3) is 5.17. The third-order valence-corrected chi connectivity index (χ3v) is 5.89. The van der Waals surface area contributed by atoms with Crippen LogP contribution in [0.5, 0.6) is 0 Å². The van der Waals surface area contributed by atoms with Gasteiger partial charge in [-0.25, -0.2) is 0 Å². The number of nitrogens with two attached hydrogens (primary N) is 3. The first-order valence-electron chi connectivity index (χ1n) is 11.4. The molecule has 0 radical (unpaired) electrons. The number of nitrogens with one attached hydrogen (secondary N) is 2. The summed E-state index contributed by atoms with van der Waals surface area (Å²) in [5.41, 5.74) is 20.6. The summed E-state index contributed by atoms with van der Waals surface area (Å²) in [6, 6.07) is 15.0. The predicted molar refractivity (Wildman–Crippen MR) is 137 cm³/mol. The van der Waals surface area contributed by atoms with Crippen molar-refractivity contribution in [2.24, 2.45) is 29.2 Å². The molecule has 10 nitrogen and oxygen atoms in total. The normalized spacial score (nSPS) is 12.1. The predicted octanol–water partition coefficient (Wildman–Crippen LogP) is 1.04. The van der Waals surface area contributed by atoms with E-state index in [1.165, 1.54) is 0 Å². The molecule has 0 saturated carbocycles. The Morgan fingerprint density at radius 2 is 1.77 bits per heavy atom. The van der Waals surface area contributed by atoms with E-state index in [2.05, 4.69) is 20.2 Å². The number of para-hydroxylation sites is 2. The first-order valence-corrected chi connectivity index (χ1v) is 11.4. The van der Waals surface area contributed by atoms with E-state index in [1.54, 1.807) is 0 Å². The number of anilines is 1. The van der Waals surface area contributed by atoms with Gasteiger partial charge >= 0.3 is 0 Å². The molecular weight excluding hydrogens is 446 g/mol. The van der Waals surface area contributed by atoms with Crippen LogP contribution in [0, 0.1) is 0 Å². The van der Waals surface area contributed by atoms with Crippen LogP contribution in [0.1, 0.15) is 12.8 Å². The standard InChI is InChI=1S/C25H29N7O3/c1-32-19-10-4-2-7-16(19)21(23-22(32)17-8-3-5-11-20(17)35-23)30-13-15(33)14-31-24(34)18(26)9-6-12-29-25(27)28/h2-5,7-8,10-11,18H,6,9,12-14,26H2,1H3,(H5,27,28,29,31,34)/p+1/t18-/m0/s1. The molecule has 2 aromatic carbocycles. The first kappa shape index (κ1) is 24.0. The maximum Gasteiger partial charge on any atom is 0.261 e. The summed E-state index contributed by atoms with van der Waals surface area (Å²) in [6.45, 7) is 0.282. The van der Waals surface area contributed by atoms with Gasteiger partial charge in [-0.3, -0.25) is 14.6 Å². The van der Waals surface area contributed by atoms with Crippen LogP contribution in [0.25, 0.3) is 33.0 Å². The van der Waals surface area contributed by atoms with Crippen molar-refractivity contribution in [1.29, 1.82) is 0 Å².